The summed E-state index contributed by atoms with van der Waals surface area (Å²) in [5, 5.41) is 9.50. The highest BCUT2D eigenvalue weighted by molar-refractivity contribution is 5.76. The summed E-state index contributed by atoms with van der Waals surface area (Å²) in [6, 6.07) is 7.98. The van der Waals surface area contributed by atoms with E-state index in [1.54, 1.807) is 20.8 Å². The number of rotatable bonds is 3. The van der Waals surface area contributed by atoms with Crippen LogP contribution in [0.4, 0.5) is 4.79 Å². The highest BCUT2D eigenvalue weighted by Crippen LogP contribution is 2.34. The Balaban J connectivity index is 2.17. The van der Waals surface area contributed by atoms with Crippen LogP contribution in [0, 0.1) is 5.92 Å². The maximum atomic E-state index is 12.2. The van der Waals surface area contributed by atoms with Crippen LogP contribution >= 0.6 is 0 Å². The Hall–Kier alpha value is -2.04. The van der Waals surface area contributed by atoms with Crippen LogP contribution in [0.2, 0.25) is 0 Å². The third-order valence-corrected chi connectivity index (χ3v) is 4.10. The zero-order chi connectivity index (χ0) is 17.2. The molecule has 1 aromatic carbocycles. The van der Waals surface area contributed by atoms with Crippen LogP contribution in [-0.2, 0) is 16.0 Å². The number of carbonyl (C=O) groups is 2. The average Bonchev–Trinajstić information content (AvgIpc) is 2.91. The van der Waals surface area contributed by atoms with Gasteiger partial charge in [-0.05, 0) is 38.3 Å². The first-order valence-corrected chi connectivity index (χ1v) is 8.01. The molecule has 23 heavy (non-hydrogen) atoms. The normalized spacial score (nSPS) is 21.3. The molecule has 1 aliphatic heterocycles. The van der Waals surface area contributed by atoms with Crippen LogP contribution in [0.1, 0.15) is 44.7 Å². The number of aryl methyl sites for hydroxylation is 1. The second-order valence-electron chi connectivity index (χ2n) is 7.03. The maximum absolute atomic E-state index is 12.2. The van der Waals surface area contributed by atoms with Gasteiger partial charge < -0.3 is 14.7 Å². The number of amides is 1. The molecule has 2 rings (SSSR count). The van der Waals surface area contributed by atoms with Crippen LogP contribution < -0.4 is 0 Å². The van der Waals surface area contributed by atoms with Crippen molar-refractivity contribution in [2.24, 2.45) is 5.92 Å². The molecule has 0 bridgehead atoms. The molecule has 5 nitrogen and oxygen atoms in total. The van der Waals surface area contributed by atoms with Gasteiger partial charge in [0.1, 0.15) is 5.60 Å². The van der Waals surface area contributed by atoms with Gasteiger partial charge in [-0.1, -0.05) is 31.2 Å². The number of nitrogens with zero attached hydrogens (tertiary/aromatic N) is 1. The molecular weight excluding hydrogens is 294 g/mol. The van der Waals surface area contributed by atoms with Gasteiger partial charge in [0.15, 0.2) is 0 Å². The lowest BCUT2D eigenvalue weighted by Gasteiger charge is -2.24. The summed E-state index contributed by atoms with van der Waals surface area (Å²) >= 11 is 0. The molecule has 1 heterocycles. The third-order valence-electron chi connectivity index (χ3n) is 4.10. The number of carboxylic acid groups (broad SMARTS) is 1. The molecule has 0 aromatic heterocycles. The number of ether oxygens (including phenoxy) is 1. The minimum atomic E-state index is -0.874. The summed E-state index contributed by atoms with van der Waals surface area (Å²) in [6.45, 7) is 8.04. The van der Waals surface area contributed by atoms with Crippen LogP contribution in [0.25, 0.3) is 0 Å². The van der Waals surface area contributed by atoms with Gasteiger partial charge in [-0.2, -0.15) is 0 Å². The largest absolute Gasteiger partial charge is 0.481 e. The fourth-order valence-corrected chi connectivity index (χ4v) is 2.87. The van der Waals surface area contributed by atoms with Gasteiger partial charge in [0.2, 0.25) is 0 Å². The second-order valence-corrected chi connectivity index (χ2v) is 7.03. The zero-order valence-electron chi connectivity index (χ0n) is 14.2. The number of benzene rings is 1. The molecule has 1 aromatic rings. The highest BCUT2D eigenvalue weighted by atomic mass is 16.6. The Kier molecular flexibility index (Phi) is 4.97. The van der Waals surface area contributed by atoms with E-state index in [4.69, 9.17) is 4.74 Å². The van der Waals surface area contributed by atoms with Crippen LogP contribution in [0.5, 0.6) is 0 Å². The second kappa shape index (κ2) is 6.60. The van der Waals surface area contributed by atoms with Gasteiger partial charge in [-0.15, -0.1) is 0 Å². The maximum Gasteiger partial charge on any atom is 0.410 e. The number of carbonyl (C=O) groups excluding carboxylic acids is 1. The van der Waals surface area contributed by atoms with Gasteiger partial charge in [0.05, 0.1) is 5.92 Å². The monoisotopic (exact) mass is 319 g/mol. The van der Waals surface area contributed by atoms with E-state index >= 15 is 0 Å². The summed E-state index contributed by atoms with van der Waals surface area (Å²) in [7, 11) is 0. The summed E-state index contributed by atoms with van der Waals surface area (Å²) in [5.74, 6) is -1.68. The van der Waals surface area contributed by atoms with Gasteiger partial charge in [0, 0.05) is 19.0 Å². The Labute approximate surface area is 137 Å². The molecule has 1 fully saturated rings. The fourth-order valence-electron chi connectivity index (χ4n) is 2.87. The lowest BCUT2D eigenvalue weighted by atomic mass is 9.88. The van der Waals surface area contributed by atoms with E-state index in [0.29, 0.717) is 6.54 Å². The van der Waals surface area contributed by atoms with Crippen molar-refractivity contribution in [2.45, 2.75) is 45.6 Å². The van der Waals surface area contributed by atoms with E-state index in [1.165, 1.54) is 10.5 Å². The topological polar surface area (TPSA) is 66.8 Å². The number of hydrogen-bond donors (Lipinski definition) is 1. The van der Waals surface area contributed by atoms with Crippen molar-refractivity contribution in [3.63, 3.8) is 0 Å². The standard InChI is InChI=1S/C18H25NO4/c1-5-12-6-8-13(9-7-12)14-10-19(11-15(14)16(20)21)17(22)23-18(2,3)4/h6-9,14-15H,5,10-11H2,1-4H3,(H,20,21)/t14-,15?/m0/s1. The van der Waals surface area contributed by atoms with Crippen molar-refractivity contribution in [1.29, 1.82) is 0 Å². The van der Waals surface area contributed by atoms with E-state index in [-0.39, 0.29) is 12.5 Å². The predicted molar refractivity (Wildman–Crippen MR) is 87.5 cm³/mol. The summed E-state index contributed by atoms with van der Waals surface area (Å²) in [5.41, 5.74) is 1.58. The van der Waals surface area contributed by atoms with E-state index in [1.807, 2.05) is 24.3 Å². The first-order valence-electron chi connectivity index (χ1n) is 8.01. The zero-order valence-corrected chi connectivity index (χ0v) is 14.2. The predicted octanol–water partition coefficient (Wildman–Crippen LogP) is 3.28. The number of carboxylic acids is 1. The SMILES string of the molecule is CCc1ccc([C@@H]2CN(C(=O)OC(C)(C)C)CC2C(=O)O)cc1. The summed E-state index contributed by atoms with van der Waals surface area (Å²) in [6.07, 6.45) is 0.494. The first kappa shape index (κ1) is 17.3. The Morgan fingerprint density at radius 1 is 1.22 bits per heavy atom. The number of likely N-dealkylation sites (tertiary alicyclic amines) is 1. The third kappa shape index (κ3) is 4.24. The molecule has 126 valence electrons. The Morgan fingerprint density at radius 2 is 1.83 bits per heavy atom. The molecule has 0 aliphatic carbocycles. The molecule has 2 atom stereocenters. The molecular formula is C18H25NO4. The molecule has 1 aliphatic rings. The molecule has 0 spiro atoms. The van der Waals surface area contributed by atoms with Crippen molar-refractivity contribution in [3.8, 4) is 0 Å². The smallest absolute Gasteiger partial charge is 0.410 e. The molecule has 0 radical (unpaired) electrons. The summed E-state index contributed by atoms with van der Waals surface area (Å²) < 4.78 is 5.36. The van der Waals surface area contributed by atoms with Gasteiger partial charge >= 0.3 is 12.1 Å². The van der Waals surface area contributed by atoms with Gasteiger partial charge in [0.25, 0.3) is 0 Å². The van der Waals surface area contributed by atoms with Crippen molar-refractivity contribution in [3.05, 3.63) is 35.4 Å². The van der Waals surface area contributed by atoms with Crippen LogP contribution in [0.3, 0.4) is 0 Å². The van der Waals surface area contributed by atoms with Crippen molar-refractivity contribution >= 4 is 12.1 Å². The lowest BCUT2D eigenvalue weighted by Crippen LogP contribution is -2.35. The molecule has 0 saturated carbocycles. The summed E-state index contributed by atoms with van der Waals surface area (Å²) in [4.78, 5) is 25.3. The fraction of sp³-hybridized carbons (Fsp3) is 0.556. The Bertz CT molecular complexity index is 574. The van der Waals surface area contributed by atoms with E-state index in [0.717, 1.165) is 12.0 Å². The molecule has 1 unspecified atom stereocenters. The molecule has 5 heteroatoms. The minimum Gasteiger partial charge on any atom is -0.481 e. The van der Waals surface area contributed by atoms with E-state index in [2.05, 4.69) is 6.92 Å². The van der Waals surface area contributed by atoms with Crippen molar-refractivity contribution in [1.82, 2.24) is 4.90 Å². The molecule has 1 saturated heterocycles. The highest BCUT2D eigenvalue weighted by Gasteiger charge is 2.41. The quantitative estimate of drug-likeness (QED) is 0.928. The van der Waals surface area contributed by atoms with E-state index < -0.39 is 23.6 Å². The van der Waals surface area contributed by atoms with Crippen molar-refractivity contribution in [2.75, 3.05) is 13.1 Å². The molecule has 1 N–H and O–H groups in total. The number of hydrogen-bond acceptors (Lipinski definition) is 3. The van der Waals surface area contributed by atoms with Crippen molar-refractivity contribution < 1.29 is 19.4 Å². The molecule has 1 amide bonds. The minimum absolute atomic E-state index is 0.185. The first-order chi connectivity index (χ1) is 10.7. The van der Waals surface area contributed by atoms with Gasteiger partial charge in [-0.25, -0.2) is 4.79 Å². The van der Waals surface area contributed by atoms with Gasteiger partial charge in [-0.3, -0.25) is 4.79 Å². The lowest BCUT2D eigenvalue weighted by molar-refractivity contribution is -0.141. The van der Waals surface area contributed by atoms with E-state index in [9.17, 15) is 14.7 Å². The van der Waals surface area contributed by atoms with Crippen LogP contribution in [-0.4, -0.2) is 40.8 Å². The Morgan fingerprint density at radius 3 is 2.30 bits per heavy atom. The average molecular weight is 319 g/mol. The van der Waals surface area contributed by atoms with Crippen LogP contribution in [0.15, 0.2) is 24.3 Å². The number of aliphatic carboxylic acids is 1.